The normalized spacial score (nSPS) is 18.5. The quantitative estimate of drug-likeness (QED) is 0.819. The number of anilines is 1. The van der Waals surface area contributed by atoms with Gasteiger partial charge in [0.1, 0.15) is 6.04 Å². The Labute approximate surface area is 117 Å². The van der Waals surface area contributed by atoms with Crippen LogP contribution < -0.4 is 10.2 Å². The molecule has 0 spiro atoms. The zero-order chi connectivity index (χ0) is 14.4. The summed E-state index contributed by atoms with van der Waals surface area (Å²) in [6, 6.07) is 8.67. The van der Waals surface area contributed by atoms with Crippen LogP contribution in [0.2, 0.25) is 0 Å². The van der Waals surface area contributed by atoms with E-state index in [1.807, 2.05) is 18.2 Å². The lowest BCUT2D eigenvalue weighted by atomic mass is 10.2. The lowest BCUT2D eigenvalue weighted by molar-refractivity contribution is -0.136. The minimum Gasteiger partial charge on any atom is -0.481 e. The lowest BCUT2D eigenvalue weighted by Gasteiger charge is -2.29. The molecule has 1 amide bonds. The molecule has 1 aliphatic rings. The summed E-state index contributed by atoms with van der Waals surface area (Å²) in [7, 11) is 0. The summed E-state index contributed by atoms with van der Waals surface area (Å²) in [6.07, 6.45) is -0.0891. The molecule has 108 valence electrons. The standard InChI is InChI=1S/C14H18N2O4/c17-13(18)6-8-16(11-4-2-1-3-5-11)14(19)12-10-20-9-7-15-12/h1-5,12,15H,6-10H2,(H,17,18). The average Bonchev–Trinajstić information content (AvgIpc) is 2.49. The van der Waals surface area contributed by atoms with Crippen LogP contribution in [0.1, 0.15) is 6.42 Å². The largest absolute Gasteiger partial charge is 0.481 e. The Kier molecular flexibility index (Phi) is 5.09. The molecule has 1 unspecified atom stereocenters. The monoisotopic (exact) mass is 278 g/mol. The van der Waals surface area contributed by atoms with Crippen LogP contribution in [0.25, 0.3) is 0 Å². The summed E-state index contributed by atoms with van der Waals surface area (Å²) in [6.45, 7) is 1.67. The van der Waals surface area contributed by atoms with Crippen molar-refractivity contribution in [2.24, 2.45) is 0 Å². The van der Waals surface area contributed by atoms with Crippen LogP contribution in [0.3, 0.4) is 0 Å². The fourth-order valence-electron chi connectivity index (χ4n) is 2.09. The molecule has 6 heteroatoms. The number of rotatable bonds is 5. The van der Waals surface area contributed by atoms with Crippen molar-refractivity contribution in [1.82, 2.24) is 5.32 Å². The molecule has 0 bridgehead atoms. The SMILES string of the molecule is O=C(O)CCN(C(=O)C1COCCN1)c1ccccc1. The maximum Gasteiger partial charge on any atom is 0.305 e. The van der Waals surface area contributed by atoms with Crippen molar-refractivity contribution in [2.45, 2.75) is 12.5 Å². The van der Waals surface area contributed by atoms with Gasteiger partial charge in [-0.1, -0.05) is 18.2 Å². The van der Waals surface area contributed by atoms with Crippen molar-refractivity contribution in [3.8, 4) is 0 Å². The number of benzene rings is 1. The van der Waals surface area contributed by atoms with E-state index in [9.17, 15) is 9.59 Å². The number of carboxylic acid groups (broad SMARTS) is 1. The Morgan fingerprint density at radius 1 is 1.35 bits per heavy atom. The van der Waals surface area contributed by atoms with Gasteiger partial charge in [0.05, 0.1) is 19.6 Å². The van der Waals surface area contributed by atoms with Gasteiger partial charge >= 0.3 is 5.97 Å². The van der Waals surface area contributed by atoms with Crippen molar-refractivity contribution < 1.29 is 19.4 Å². The number of carbonyl (C=O) groups excluding carboxylic acids is 1. The highest BCUT2D eigenvalue weighted by Gasteiger charge is 2.27. The van der Waals surface area contributed by atoms with E-state index in [4.69, 9.17) is 9.84 Å². The molecular formula is C14H18N2O4. The maximum absolute atomic E-state index is 12.5. The Balaban J connectivity index is 2.12. The molecule has 20 heavy (non-hydrogen) atoms. The third-order valence-corrected chi connectivity index (χ3v) is 3.10. The molecule has 1 aliphatic heterocycles. The summed E-state index contributed by atoms with van der Waals surface area (Å²) >= 11 is 0. The van der Waals surface area contributed by atoms with Gasteiger partial charge in [-0.05, 0) is 12.1 Å². The van der Waals surface area contributed by atoms with Crippen LogP contribution >= 0.6 is 0 Å². The molecule has 1 atom stereocenters. The summed E-state index contributed by atoms with van der Waals surface area (Å²) in [5, 5.41) is 11.9. The van der Waals surface area contributed by atoms with E-state index >= 15 is 0 Å². The topological polar surface area (TPSA) is 78.9 Å². The first-order valence-electron chi connectivity index (χ1n) is 6.58. The van der Waals surface area contributed by atoms with Crippen LogP contribution in [0.4, 0.5) is 5.69 Å². The summed E-state index contributed by atoms with van der Waals surface area (Å²) in [5.41, 5.74) is 0.700. The Morgan fingerprint density at radius 3 is 2.70 bits per heavy atom. The number of amides is 1. The molecule has 2 rings (SSSR count). The van der Waals surface area contributed by atoms with Crippen LogP contribution in [-0.2, 0) is 14.3 Å². The Morgan fingerprint density at radius 2 is 2.10 bits per heavy atom. The van der Waals surface area contributed by atoms with E-state index in [-0.39, 0.29) is 18.9 Å². The van der Waals surface area contributed by atoms with E-state index in [1.165, 1.54) is 4.90 Å². The van der Waals surface area contributed by atoms with Crippen LogP contribution in [0.5, 0.6) is 0 Å². The van der Waals surface area contributed by atoms with Gasteiger partial charge in [-0.25, -0.2) is 0 Å². The van der Waals surface area contributed by atoms with E-state index in [0.717, 1.165) is 0 Å². The molecule has 0 radical (unpaired) electrons. The predicted molar refractivity (Wildman–Crippen MR) is 73.7 cm³/mol. The number of para-hydroxylation sites is 1. The number of nitrogens with one attached hydrogen (secondary N) is 1. The second kappa shape index (κ2) is 7.02. The van der Waals surface area contributed by atoms with Gasteiger partial charge in [-0.2, -0.15) is 0 Å². The third-order valence-electron chi connectivity index (χ3n) is 3.10. The molecule has 0 aliphatic carbocycles. The van der Waals surface area contributed by atoms with Crippen molar-refractivity contribution in [3.63, 3.8) is 0 Å². The smallest absolute Gasteiger partial charge is 0.305 e. The fraction of sp³-hybridized carbons (Fsp3) is 0.429. The highest BCUT2D eigenvalue weighted by Crippen LogP contribution is 2.15. The number of hydrogen-bond donors (Lipinski definition) is 2. The fourth-order valence-corrected chi connectivity index (χ4v) is 2.09. The third kappa shape index (κ3) is 3.79. The van der Waals surface area contributed by atoms with Crippen LogP contribution in [0, 0.1) is 0 Å². The molecule has 0 saturated carbocycles. The van der Waals surface area contributed by atoms with Gasteiger partial charge in [0.15, 0.2) is 0 Å². The average molecular weight is 278 g/mol. The Hall–Kier alpha value is -1.92. The van der Waals surface area contributed by atoms with Crippen molar-refractivity contribution in [1.29, 1.82) is 0 Å². The summed E-state index contributed by atoms with van der Waals surface area (Å²) < 4.78 is 5.29. The highest BCUT2D eigenvalue weighted by molar-refractivity contribution is 5.97. The number of carboxylic acids is 1. The molecule has 1 saturated heterocycles. The first-order chi connectivity index (χ1) is 9.68. The number of hydrogen-bond acceptors (Lipinski definition) is 4. The number of carbonyl (C=O) groups is 2. The molecule has 1 fully saturated rings. The first-order valence-corrected chi connectivity index (χ1v) is 6.58. The van der Waals surface area contributed by atoms with Crippen molar-refractivity contribution >= 4 is 17.6 Å². The number of ether oxygens (including phenoxy) is 1. The van der Waals surface area contributed by atoms with Gasteiger partial charge in [-0.15, -0.1) is 0 Å². The minimum absolute atomic E-state index is 0.0891. The lowest BCUT2D eigenvalue weighted by Crippen LogP contribution is -2.53. The number of nitrogens with zero attached hydrogens (tertiary/aromatic N) is 1. The highest BCUT2D eigenvalue weighted by atomic mass is 16.5. The number of aliphatic carboxylic acids is 1. The van der Waals surface area contributed by atoms with Crippen LogP contribution in [-0.4, -0.2) is 49.3 Å². The summed E-state index contributed by atoms with van der Waals surface area (Å²) in [4.78, 5) is 24.8. The molecule has 1 heterocycles. The van der Waals surface area contributed by atoms with E-state index in [0.29, 0.717) is 25.4 Å². The maximum atomic E-state index is 12.5. The molecule has 6 nitrogen and oxygen atoms in total. The Bertz CT molecular complexity index is 458. The van der Waals surface area contributed by atoms with Gasteiger partial charge in [0.2, 0.25) is 5.91 Å². The predicted octanol–water partition coefficient (Wildman–Crippen LogP) is 0.483. The molecule has 2 N–H and O–H groups in total. The molecule has 1 aromatic carbocycles. The second-order valence-electron chi connectivity index (χ2n) is 4.55. The second-order valence-corrected chi connectivity index (χ2v) is 4.55. The molecular weight excluding hydrogens is 260 g/mol. The van der Waals surface area contributed by atoms with Crippen molar-refractivity contribution in [2.75, 3.05) is 31.2 Å². The van der Waals surface area contributed by atoms with Crippen LogP contribution in [0.15, 0.2) is 30.3 Å². The molecule has 1 aromatic rings. The first kappa shape index (κ1) is 14.5. The number of morpholine rings is 1. The van der Waals surface area contributed by atoms with E-state index < -0.39 is 12.0 Å². The van der Waals surface area contributed by atoms with E-state index in [2.05, 4.69) is 5.32 Å². The van der Waals surface area contributed by atoms with Gasteiger partial charge in [0, 0.05) is 18.8 Å². The van der Waals surface area contributed by atoms with Gasteiger partial charge in [-0.3, -0.25) is 9.59 Å². The zero-order valence-corrected chi connectivity index (χ0v) is 11.1. The minimum atomic E-state index is -0.924. The van der Waals surface area contributed by atoms with Crippen molar-refractivity contribution in [3.05, 3.63) is 30.3 Å². The van der Waals surface area contributed by atoms with Gasteiger partial charge in [0.25, 0.3) is 0 Å². The molecule has 0 aromatic heterocycles. The van der Waals surface area contributed by atoms with E-state index in [1.54, 1.807) is 12.1 Å². The van der Waals surface area contributed by atoms with Gasteiger partial charge < -0.3 is 20.1 Å². The summed E-state index contributed by atoms with van der Waals surface area (Å²) in [5.74, 6) is -1.08. The zero-order valence-electron chi connectivity index (χ0n) is 11.1.